The van der Waals surface area contributed by atoms with Crippen LogP contribution < -0.4 is 0 Å². The van der Waals surface area contributed by atoms with Crippen molar-refractivity contribution in [1.82, 2.24) is 15.0 Å². The van der Waals surface area contributed by atoms with Crippen molar-refractivity contribution in [3.63, 3.8) is 0 Å². The first-order valence-electron chi connectivity index (χ1n) is 16.4. The van der Waals surface area contributed by atoms with Crippen LogP contribution in [0.3, 0.4) is 0 Å². The van der Waals surface area contributed by atoms with E-state index in [0.29, 0.717) is 17.5 Å². The molecule has 0 saturated carbocycles. The summed E-state index contributed by atoms with van der Waals surface area (Å²) in [7, 11) is 0. The minimum atomic E-state index is 0.641. The third kappa shape index (κ3) is 4.57. The number of furan rings is 1. The van der Waals surface area contributed by atoms with E-state index in [0.717, 1.165) is 71.3 Å². The lowest BCUT2D eigenvalue weighted by Gasteiger charge is -2.13. The molecule has 228 valence electrons. The minimum absolute atomic E-state index is 0.641. The molecule has 4 nitrogen and oxygen atoms in total. The summed E-state index contributed by atoms with van der Waals surface area (Å²) in [5.74, 6) is 1.94. The molecular formula is C45H27N3O. The molecule has 0 fully saturated rings. The van der Waals surface area contributed by atoms with Gasteiger partial charge in [-0.2, -0.15) is 0 Å². The van der Waals surface area contributed by atoms with Crippen molar-refractivity contribution < 1.29 is 4.42 Å². The van der Waals surface area contributed by atoms with Gasteiger partial charge in [-0.3, -0.25) is 0 Å². The summed E-state index contributed by atoms with van der Waals surface area (Å²) in [6, 6.07) is 57.0. The number of nitrogens with zero attached hydrogens (tertiary/aromatic N) is 3. The van der Waals surface area contributed by atoms with E-state index in [2.05, 4.69) is 133 Å². The molecular weight excluding hydrogens is 599 g/mol. The Hall–Kier alpha value is -6.65. The van der Waals surface area contributed by atoms with Gasteiger partial charge in [-0.1, -0.05) is 140 Å². The molecule has 4 heteroatoms. The highest BCUT2D eigenvalue weighted by Gasteiger charge is 2.17. The first-order chi connectivity index (χ1) is 24.3. The molecule has 49 heavy (non-hydrogen) atoms. The number of benzene rings is 8. The van der Waals surface area contributed by atoms with Crippen molar-refractivity contribution in [3.8, 4) is 45.3 Å². The lowest BCUT2D eigenvalue weighted by Crippen LogP contribution is -2.01. The predicted molar refractivity (Wildman–Crippen MR) is 201 cm³/mol. The number of rotatable bonds is 4. The molecule has 0 atom stereocenters. The molecule has 10 aromatic rings. The normalized spacial score (nSPS) is 11.7. The third-order valence-electron chi connectivity index (χ3n) is 9.51. The Kier molecular flexibility index (Phi) is 6.15. The van der Waals surface area contributed by atoms with Crippen LogP contribution in [0.4, 0.5) is 0 Å². The Balaban J connectivity index is 1.17. The zero-order valence-corrected chi connectivity index (χ0v) is 26.3. The number of hydrogen-bond donors (Lipinski definition) is 0. The third-order valence-corrected chi connectivity index (χ3v) is 9.51. The lowest BCUT2D eigenvalue weighted by molar-refractivity contribution is 0.669. The molecule has 0 aliphatic heterocycles. The van der Waals surface area contributed by atoms with E-state index in [1.807, 2.05) is 30.3 Å². The first-order valence-corrected chi connectivity index (χ1v) is 16.4. The van der Waals surface area contributed by atoms with E-state index >= 15 is 0 Å². The van der Waals surface area contributed by atoms with Crippen molar-refractivity contribution in [2.24, 2.45) is 0 Å². The largest absolute Gasteiger partial charge is 0.456 e. The molecule has 0 spiro atoms. The van der Waals surface area contributed by atoms with E-state index in [4.69, 9.17) is 19.4 Å². The van der Waals surface area contributed by atoms with Crippen LogP contribution in [0.25, 0.3) is 99.5 Å². The summed E-state index contributed by atoms with van der Waals surface area (Å²) in [4.78, 5) is 15.3. The topological polar surface area (TPSA) is 51.8 Å². The average Bonchev–Trinajstić information content (AvgIpc) is 3.53. The molecule has 10 rings (SSSR count). The fourth-order valence-corrected chi connectivity index (χ4v) is 7.14. The van der Waals surface area contributed by atoms with E-state index in [-0.39, 0.29) is 0 Å². The van der Waals surface area contributed by atoms with Gasteiger partial charge in [0, 0.05) is 27.5 Å². The Morgan fingerprint density at radius 2 is 0.857 bits per heavy atom. The van der Waals surface area contributed by atoms with Crippen molar-refractivity contribution in [2.45, 2.75) is 0 Å². The highest BCUT2D eigenvalue weighted by molar-refractivity contribution is 6.12. The van der Waals surface area contributed by atoms with Crippen molar-refractivity contribution >= 4 is 54.3 Å². The predicted octanol–water partition coefficient (Wildman–Crippen LogP) is 11.9. The van der Waals surface area contributed by atoms with Crippen molar-refractivity contribution in [1.29, 1.82) is 0 Å². The fraction of sp³-hybridized carbons (Fsp3) is 0. The number of aromatic nitrogens is 3. The fourth-order valence-electron chi connectivity index (χ4n) is 7.14. The second-order valence-corrected chi connectivity index (χ2v) is 12.4. The smallest absolute Gasteiger partial charge is 0.164 e. The van der Waals surface area contributed by atoms with Gasteiger partial charge in [0.05, 0.1) is 0 Å². The monoisotopic (exact) mass is 625 g/mol. The van der Waals surface area contributed by atoms with Crippen LogP contribution >= 0.6 is 0 Å². The highest BCUT2D eigenvalue weighted by Crippen LogP contribution is 2.39. The zero-order chi connectivity index (χ0) is 32.3. The van der Waals surface area contributed by atoms with Gasteiger partial charge >= 0.3 is 0 Å². The van der Waals surface area contributed by atoms with Crippen LogP contribution in [-0.4, -0.2) is 15.0 Å². The van der Waals surface area contributed by atoms with E-state index in [9.17, 15) is 0 Å². The van der Waals surface area contributed by atoms with Gasteiger partial charge in [-0.05, 0) is 67.7 Å². The molecule has 0 bridgehead atoms. The van der Waals surface area contributed by atoms with Crippen LogP contribution in [0.15, 0.2) is 168 Å². The van der Waals surface area contributed by atoms with Crippen LogP contribution in [0.2, 0.25) is 0 Å². The quantitative estimate of drug-likeness (QED) is 0.195. The maximum atomic E-state index is 6.32. The molecule has 0 unspecified atom stereocenters. The van der Waals surface area contributed by atoms with Gasteiger partial charge in [-0.25, -0.2) is 15.0 Å². The summed E-state index contributed by atoms with van der Waals surface area (Å²) < 4.78 is 6.32. The second kappa shape index (κ2) is 11.0. The number of hydrogen-bond acceptors (Lipinski definition) is 4. The molecule has 0 aliphatic carbocycles. The Bertz CT molecular complexity index is 2890. The van der Waals surface area contributed by atoms with E-state index in [1.165, 1.54) is 10.8 Å². The van der Waals surface area contributed by atoms with E-state index in [1.54, 1.807) is 0 Å². The lowest BCUT2D eigenvalue weighted by atomic mass is 9.94. The first kappa shape index (κ1) is 27.5. The molecule has 0 radical (unpaired) electrons. The van der Waals surface area contributed by atoms with Gasteiger partial charge < -0.3 is 4.42 Å². The summed E-state index contributed by atoms with van der Waals surface area (Å²) in [6.07, 6.45) is 0. The average molecular weight is 626 g/mol. The molecule has 2 heterocycles. The molecule has 0 amide bonds. The van der Waals surface area contributed by atoms with Gasteiger partial charge in [0.25, 0.3) is 0 Å². The van der Waals surface area contributed by atoms with Gasteiger partial charge in [-0.15, -0.1) is 0 Å². The molecule has 2 aromatic heterocycles. The highest BCUT2D eigenvalue weighted by atomic mass is 16.3. The van der Waals surface area contributed by atoms with Crippen LogP contribution in [0, 0.1) is 0 Å². The van der Waals surface area contributed by atoms with Crippen LogP contribution in [0.5, 0.6) is 0 Å². The van der Waals surface area contributed by atoms with Crippen LogP contribution in [-0.2, 0) is 0 Å². The van der Waals surface area contributed by atoms with Crippen molar-refractivity contribution in [2.75, 3.05) is 0 Å². The summed E-state index contributed by atoms with van der Waals surface area (Å²) in [6.45, 7) is 0. The van der Waals surface area contributed by atoms with Crippen LogP contribution in [0.1, 0.15) is 0 Å². The van der Waals surface area contributed by atoms with Gasteiger partial charge in [0.15, 0.2) is 17.5 Å². The summed E-state index contributed by atoms with van der Waals surface area (Å²) >= 11 is 0. The SMILES string of the molecule is c1ccc(-c2nc(-c3cccc4ccccc34)nc(-c3cccc4c(-c5ccc6oc7cc8ccccc8cc7c6c5)cccc34)n2)cc1. The summed E-state index contributed by atoms with van der Waals surface area (Å²) in [5, 5.41) is 9.07. The zero-order valence-electron chi connectivity index (χ0n) is 26.3. The van der Waals surface area contributed by atoms with Gasteiger partial charge in [0.1, 0.15) is 11.2 Å². The molecule has 8 aromatic carbocycles. The minimum Gasteiger partial charge on any atom is -0.456 e. The Labute approximate surface area is 282 Å². The maximum absolute atomic E-state index is 6.32. The number of fused-ring (bicyclic) bond motifs is 6. The maximum Gasteiger partial charge on any atom is 0.164 e. The second-order valence-electron chi connectivity index (χ2n) is 12.4. The summed E-state index contributed by atoms with van der Waals surface area (Å²) in [5.41, 5.74) is 6.94. The van der Waals surface area contributed by atoms with Crippen molar-refractivity contribution in [3.05, 3.63) is 164 Å². The molecule has 0 N–H and O–H groups in total. The Morgan fingerprint density at radius 1 is 0.306 bits per heavy atom. The molecule has 0 saturated heterocycles. The molecule has 0 aliphatic rings. The Morgan fingerprint density at radius 3 is 1.65 bits per heavy atom. The van der Waals surface area contributed by atoms with Gasteiger partial charge in [0.2, 0.25) is 0 Å². The van der Waals surface area contributed by atoms with E-state index < -0.39 is 0 Å². The standard InChI is InChI=1S/C45H27N3O/c1-2-12-29(13-3-1)43-46-44(37-21-8-16-28-11-6-7-17-33(28)37)48-45(47-43)38-22-10-19-35-34(18-9-20-36(35)38)32-23-24-41-39(26-32)40-25-30-14-4-5-15-31(30)27-42(40)49-41/h1-27H.